The lowest BCUT2D eigenvalue weighted by Crippen LogP contribution is -2.04. The average molecular weight is 161 g/mol. The molecule has 62 valence electrons. The van der Waals surface area contributed by atoms with Gasteiger partial charge in [-0.1, -0.05) is 36.4 Å². The molecule has 0 spiro atoms. The third kappa shape index (κ3) is 1.40. The van der Waals surface area contributed by atoms with Crippen LogP contribution in [0.1, 0.15) is 11.6 Å². The first kappa shape index (κ1) is 7.53. The maximum Gasteiger partial charge on any atom is 0.145 e. The minimum atomic E-state index is 0.214. The van der Waals surface area contributed by atoms with Crippen molar-refractivity contribution in [3.63, 3.8) is 0 Å². The van der Waals surface area contributed by atoms with Crippen LogP contribution in [0.2, 0.25) is 0 Å². The lowest BCUT2D eigenvalue weighted by atomic mass is 10.1. The zero-order valence-electron chi connectivity index (χ0n) is 6.81. The number of benzene rings is 1. The van der Waals surface area contributed by atoms with E-state index in [0.29, 0.717) is 6.73 Å². The van der Waals surface area contributed by atoms with Gasteiger partial charge in [0.1, 0.15) is 6.73 Å². The van der Waals surface area contributed by atoms with Crippen molar-refractivity contribution in [2.24, 2.45) is 0 Å². The molecule has 2 rings (SSSR count). The summed E-state index contributed by atoms with van der Waals surface area (Å²) in [4.78, 5) is 5.08. The third-order valence-electron chi connectivity index (χ3n) is 1.95. The van der Waals surface area contributed by atoms with Crippen molar-refractivity contribution >= 4 is 0 Å². The Balaban J connectivity index is 2.21. The highest BCUT2D eigenvalue weighted by atomic mass is 16.8. The predicted molar refractivity (Wildman–Crippen MR) is 47.2 cm³/mol. The van der Waals surface area contributed by atoms with Gasteiger partial charge in [-0.15, -0.1) is 11.6 Å². The van der Waals surface area contributed by atoms with Crippen LogP contribution in [0.25, 0.3) is 0 Å². The van der Waals surface area contributed by atoms with E-state index in [0.717, 1.165) is 0 Å². The summed E-state index contributed by atoms with van der Waals surface area (Å²) in [6, 6.07) is 10.4. The summed E-state index contributed by atoms with van der Waals surface area (Å²) in [6.07, 6.45) is 1.89. The molecule has 1 saturated heterocycles. The van der Waals surface area contributed by atoms with Gasteiger partial charge in [-0.2, -0.15) is 0 Å². The van der Waals surface area contributed by atoms with Gasteiger partial charge in [-0.25, -0.2) is 0 Å². The van der Waals surface area contributed by atoms with Crippen molar-refractivity contribution in [1.82, 2.24) is 5.06 Å². The molecule has 0 aromatic heterocycles. The first-order chi connectivity index (χ1) is 5.92. The van der Waals surface area contributed by atoms with Crippen LogP contribution in [-0.2, 0) is 4.84 Å². The van der Waals surface area contributed by atoms with E-state index in [1.54, 1.807) is 0 Å². The van der Waals surface area contributed by atoms with Crippen LogP contribution >= 0.6 is 0 Å². The van der Waals surface area contributed by atoms with Crippen LogP contribution in [0, 0.1) is 0 Å². The van der Waals surface area contributed by atoms with Crippen LogP contribution in [-0.4, -0.2) is 11.8 Å². The Kier molecular flexibility index (Phi) is 1.94. The Bertz CT molecular complexity index is 266. The number of hydrogen-bond donors (Lipinski definition) is 0. The molecule has 1 aromatic carbocycles. The van der Waals surface area contributed by atoms with Crippen molar-refractivity contribution in [2.75, 3.05) is 6.73 Å². The lowest BCUT2D eigenvalue weighted by molar-refractivity contribution is 0.170. The molecular formula is C10H11NO. The topological polar surface area (TPSA) is 15.5 Å². The fourth-order valence-electron chi connectivity index (χ4n) is 1.26. The molecule has 1 aromatic rings. The van der Waals surface area contributed by atoms with Gasteiger partial charge in [0.05, 0.1) is 6.04 Å². The van der Waals surface area contributed by atoms with E-state index >= 15 is 0 Å². The molecule has 0 N–H and O–H groups in total. The quantitative estimate of drug-likeness (QED) is 0.498. The second kappa shape index (κ2) is 3.09. The summed E-state index contributed by atoms with van der Waals surface area (Å²) in [5.74, 6) is 0. The molecule has 2 unspecified atom stereocenters. The van der Waals surface area contributed by atoms with E-state index in [1.807, 2.05) is 29.3 Å². The zero-order chi connectivity index (χ0) is 8.39. The van der Waals surface area contributed by atoms with Gasteiger partial charge in [0.2, 0.25) is 0 Å². The number of hydrogen-bond acceptors (Lipinski definition) is 2. The van der Waals surface area contributed by atoms with Crippen molar-refractivity contribution in [1.29, 1.82) is 0 Å². The first-order valence-electron chi connectivity index (χ1n) is 3.99. The van der Waals surface area contributed by atoms with Gasteiger partial charge in [0.15, 0.2) is 0 Å². The highest BCUT2D eigenvalue weighted by molar-refractivity contribution is 5.22. The second-order valence-corrected chi connectivity index (χ2v) is 2.77. The Morgan fingerprint density at radius 2 is 2.08 bits per heavy atom. The molecule has 0 bridgehead atoms. The highest BCUT2D eigenvalue weighted by Gasteiger charge is 2.28. The van der Waals surface area contributed by atoms with Crippen LogP contribution in [0.5, 0.6) is 0 Å². The van der Waals surface area contributed by atoms with E-state index in [9.17, 15) is 0 Å². The van der Waals surface area contributed by atoms with Crippen molar-refractivity contribution in [2.45, 2.75) is 6.04 Å². The summed E-state index contributed by atoms with van der Waals surface area (Å²) in [5, 5.41) is 1.89. The summed E-state index contributed by atoms with van der Waals surface area (Å²) in [6.45, 7) is 4.49. The van der Waals surface area contributed by atoms with E-state index < -0.39 is 0 Å². The minimum absolute atomic E-state index is 0.214. The third-order valence-corrected chi connectivity index (χ3v) is 1.95. The Morgan fingerprint density at radius 1 is 1.42 bits per heavy atom. The maximum atomic E-state index is 5.08. The van der Waals surface area contributed by atoms with Gasteiger partial charge in [0.25, 0.3) is 0 Å². The Labute approximate surface area is 72.0 Å². The molecule has 0 saturated carbocycles. The molecule has 12 heavy (non-hydrogen) atoms. The van der Waals surface area contributed by atoms with Gasteiger partial charge >= 0.3 is 0 Å². The van der Waals surface area contributed by atoms with Crippen molar-refractivity contribution < 1.29 is 4.84 Å². The molecule has 0 radical (unpaired) electrons. The van der Waals surface area contributed by atoms with Gasteiger partial charge in [-0.3, -0.25) is 4.84 Å². The average Bonchev–Trinajstić information content (AvgIpc) is 2.92. The molecule has 1 heterocycles. The van der Waals surface area contributed by atoms with E-state index in [2.05, 4.69) is 18.7 Å². The van der Waals surface area contributed by atoms with Gasteiger partial charge < -0.3 is 0 Å². The maximum absolute atomic E-state index is 5.08. The monoisotopic (exact) mass is 161 g/mol. The molecule has 0 amide bonds. The molecule has 1 aliphatic heterocycles. The summed E-state index contributed by atoms with van der Waals surface area (Å²) in [7, 11) is 0. The lowest BCUT2D eigenvalue weighted by Gasteiger charge is -2.09. The van der Waals surface area contributed by atoms with Gasteiger partial charge in [0, 0.05) is 0 Å². The zero-order valence-corrected chi connectivity index (χ0v) is 6.81. The molecular weight excluding hydrogens is 150 g/mol. The standard InChI is InChI=1S/C10H11NO/c1-2-10(11-8-12-11)9-6-4-3-5-7-9/h2-7,10H,1,8H2. The second-order valence-electron chi connectivity index (χ2n) is 2.77. The highest BCUT2D eigenvalue weighted by Crippen LogP contribution is 2.27. The van der Waals surface area contributed by atoms with E-state index in [1.165, 1.54) is 5.56 Å². The smallest absolute Gasteiger partial charge is 0.145 e. The summed E-state index contributed by atoms with van der Waals surface area (Å²) in [5.41, 5.74) is 1.23. The predicted octanol–water partition coefficient (Wildman–Crippen LogP) is 2.12. The number of hydroxylamine groups is 2. The Morgan fingerprint density at radius 3 is 2.58 bits per heavy atom. The SMILES string of the molecule is C=CC(c1ccccc1)N1CO1. The fourth-order valence-corrected chi connectivity index (χ4v) is 1.26. The Hall–Kier alpha value is -1.12. The number of rotatable bonds is 3. The molecule has 2 nitrogen and oxygen atoms in total. The minimum Gasteiger partial charge on any atom is -0.278 e. The van der Waals surface area contributed by atoms with Crippen LogP contribution in [0.4, 0.5) is 0 Å². The largest absolute Gasteiger partial charge is 0.278 e. The number of nitrogens with zero attached hydrogens (tertiary/aromatic N) is 1. The van der Waals surface area contributed by atoms with Crippen molar-refractivity contribution in [3.8, 4) is 0 Å². The summed E-state index contributed by atoms with van der Waals surface area (Å²) < 4.78 is 0. The molecule has 2 heteroatoms. The fraction of sp³-hybridized carbons (Fsp3) is 0.200. The molecule has 1 fully saturated rings. The first-order valence-corrected chi connectivity index (χ1v) is 3.99. The van der Waals surface area contributed by atoms with Crippen molar-refractivity contribution in [3.05, 3.63) is 48.6 Å². The van der Waals surface area contributed by atoms with E-state index in [-0.39, 0.29) is 6.04 Å². The molecule has 0 aliphatic carbocycles. The van der Waals surface area contributed by atoms with Crippen LogP contribution < -0.4 is 0 Å². The van der Waals surface area contributed by atoms with Gasteiger partial charge in [-0.05, 0) is 5.56 Å². The molecule has 1 aliphatic rings. The molecule has 2 atom stereocenters. The van der Waals surface area contributed by atoms with Crippen LogP contribution in [0.3, 0.4) is 0 Å². The van der Waals surface area contributed by atoms with Crippen LogP contribution in [0.15, 0.2) is 43.0 Å². The normalized spacial score (nSPS) is 23.2. The summed E-state index contributed by atoms with van der Waals surface area (Å²) >= 11 is 0. The van der Waals surface area contributed by atoms with E-state index in [4.69, 9.17) is 4.84 Å².